The zero-order chi connectivity index (χ0) is 19.5. The molecule has 26 heavy (non-hydrogen) atoms. The lowest BCUT2D eigenvalue weighted by Gasteiger charge is -2.53. The molecule has 0 bridgehead atoms. The average Bonchev–Trinajstić information content (AvgIpc) is 2.54. The lowest BCUT2D eigenvalue weighted by atomic mass is 9.50. The summed E-state index contributed by atoms with van der Waals surface area (Å²) < 4.78 is 0. The van der Waals surface area contributed by atoms with Crippen molar-refractivity contribution in [3.63, 3.8) is 0 Å². The Kier molecular flexibility index (Phi) is 5.95. The molecule has 0 amide bonds. The van der Waals surface area contributed by atoms with Crippen molar-refractivity contribution in [2.24, 2.45) is 11.3 Å². The van der Waals surface area contributed by atoms with Crippen LogP contribution in [0.15, 0.2) is 35.9 Å². The van der Waals surface area contributed by atoms with Crippen molar-refractivity contribution in [1.82, 2.24) is 0 Å². The molecule has 0 unspecified atom stereocenters. The standard InChI is InChI=1S/C22H28O4/c1-15(10-12-23)9-11-22(16(2)13-17(24)14-21(22,3)4)19-8-6-5-7-18(19)20(25)26/h5-8,10,16-17,23-24H,12-14H2,1-4H3,(H,25,26)/b15-10+/t16-,17-,22-/m1/s1. The second-order valence-electron chi connectivity index (χ2n) is 7.86. The van der Waals surface area contributed by atoms with Crippen LogP contribution in [0.2, 0.25) is 0 Å². The predicted molar refractivity (Wildman–Crippen MR) is 102 cm³/mol. The van der Waals surface area contributed by atoms with Crippen LogP contribution in [0.25, 0.3) is 0 Å². The number of carbonyl (C=O) groups is 1. The van der Waals surface area contributed by atoms with Gasteiger partial charge in [-0.05, 0) is 54.4 Å². The molecular weight excluding hydrogens is 328 g/mol. The van der Waals surface area contributed by atoms with Crippen molar-refractivity contribution >= 4 is 5.97 Å². The van der Waals surface area contributed by atoms with Crippen molar-refractivity contribution in [1.29, 1.82) is 0 Å². The van der Waals surface area contributed by atoms with Gasteiger partial charge in [0.2, 0.25) is 0 Å². The van der Waals surface area contributed by atoms with Crippen LogP contribution in [0.1, 0.15) is 56.5 Å². The van der Waals surface area contributed by atoms with E-state index in [0.29, 0.717) is 18.4 Å². The van der Waals surface area contributed by atoms with Gasteiger partial charge in [0.05, 0.1) is 23.7 Å². The number of aliphatic hydroxyl groups is 2. The molecule has 0 aliphatic heterocycles. The van der Waals surface area contributed by atoms with Crippen molar-refractivity contribution in [3.8, 4) is 11.8 Å². The highest BCUT2D eigenvalue weighted by Crippen LogP contribution is 2.55. The molecule has 2 rings (SSSR count). The number of benzene rings is 1. The molecule has 1 aromatic rings. The number of allylic oxidation sites excluding steroid dienone is 1. The zero-order valence-electron chi connectivity index (χ0n) is 15.9. The van der Waals surface area contributed by atoms with Gasteiger partial charge in [0.15, 0.2) is 0 Å². The summed E-state index contributed by atoms with van der Waals surface area (Å²) in [6.07, 6.45) is 2.32. The molecule has 3 N–H and O–H groups in total. The summed E-state index contributed by atoms with van der Waals surface area (Å²) in [5, 5.41) is 29.2. The molecule has 0 aromatic heterocycles. The fourth-order valence-corrected chi connectivity index (χ4v) is 4.47. The molecule has 1 aliphatic carbocycles. The molecule has 1 aliphatic rings. The van der Waals surface area contributed by atoms with Crippen molar-refractivity contribution in [2.75, 3.05) is 6.61 Å². The van der Waals surface area contributed by atoms with Gasteiger partial charge in [0.25, 0.3) is 0 Å². The Balaban J connectivity index is 2.80. The second kappa shape index (κ2) is 7.65. The molecule has 0 heterocycles. The normalized spacial score (nSPS) is 28.2. The molecule has 3 atom stereocenters. The van der Waals surface area contributed by atoms with Crippen LogP contribution in [0.3, 0.4) is 0 Å². The minimum Gasteiger partial charge on any atom is -0.478 e. The third kappa shape index (κ3) is 3.56. The molecule has 0 saturated heterocycles. The van der Waals surface area contributed by atoms with Gasteiger partial charge >= 0.3 is 5.97 Å². The summed E-state index contributed by atoms with van der Waals surface area (Å²) in [6, 6.07) is 7.03. The monoisotopic (exact) mass is 356 g/mol. The van der Waals surface area contributed by atoms with Gasteiger partial charge in [-0.25, -0.2) is 4.79 Å². The van der Waals surface area contributed by atoms with Crippen molar-refractivity contribution in [2.45, 2.75) is 52.1 Å². The SMILES string of the molecule is C/C(C#C[C@]1(c2ccccc2C(=O)O)[C@H](C)C[C@@H](O)CC1(C)C)=C\CO. The minimum absolute atomic E-state index is 0.0313. The summed E-state index contributed by atoms with van der Waals surface area (Å²) in [5.41, 5.74) is 0.547. The number of rotatable bonds is 3. The van der Waals surface area contributed by atoms with Gasteiger partial charge in [-0.15, -0.1) is 0 Å². The second-order valence-corrected chi connectivity index (χ2v) is 7.86. The zero-order valence-corrected chi connectivity index (χ0v) is 15.9. The van der Waals surface area contributed by atoms with Crippen LogP contribution in [0.5, 0.6) is 0 Å². The number of aliphatic hydroxyl groups excluding tert-OH is 2. The molecule has 140 valence electrons. The molecule has 0 radical (unpaired) electrons. The van der Waals surface area contributed by atoms with Crippen LogP contribution in [-0.4, -0.2) is 34.0 Å². The van der Waals surface area contributed by atoms with Gasteiger partial charge in [-0.3, -0.25) is 0 Å². The molecule has 4 nitrogen and oxygen atoms in total. The van der Waals surface area contributed by atoms with Gasteiger partial charge in [0, 0.05) is 0 Å². The fourth-order valence-electron chi connectivity index (χ4n) is 4.47. The number of hydrogen-bond acceptors (Lipinski definition) is 3. The van der Waals surface area contributed by atoms with Crippen LogP contribution in [-0.2, 0) is 5.41 Å². The van der Waals surface area contributed by atoms with E-state index in [0.717, 1.165) is 5.57 Å². The lowest BCUT2D eigenvalue weighted by Crippen LogP contribution is -2.53. The number of carboxylic acids is 1. The first kappa shape index (κ1) is 20.2. The Hall–Kier alpha value is -2.09. The topological polar surface area (TPSA) is 77.8 Å². The molecule has 0 spiro atoms. The van der Waals surface area contributed by atoms with Gasteiger partial charge < -0.3 is 15.3 Å². The molecular formula is C22H28O4. The van der Waals surface area contributed by atoms with E-state index in [1.54, 1.807) is 18.2 Å². The average molecular weight is 356 g/mol. The third-order valence-electron chi connectivity index (χ3n) is 5.61. The molecule has 1 aromatic carbocycles. The first-order valence-electron chi connectivity index (χ1n) is 8.97. The fraction of sp³-hybridized carbons (Fsp3) is 0.500. The minimum atomic E-state index is -0.974. The Morgan fingerprint density at radius 3 is 2.58 bits per heavy atom. The Labute approximate surface area is 155 Å². The van der Waals surface area contributed by atoms with Gasteiger partial charge in [-0.2, -0.15) is 0 Å². The first-order chi connectivity index (χ1) is 12.2. The summed E-state index contributed by atoms with van der Waals surface area (Å²) >= 11 is 0. The van der Waals surface area contributed by atoms with Gasteiger partial charge in [-0.1, -0.05) is 50.8 Å². The summed E-state index contributed by atoms with van der Waals surface area (Å²) in [5.74, 6) is 5.52. The summed E-state index contributed by atoms with van der Waals surface area (Å²) in [6.45, 7) is 7.86. The predicted octanol–water partition coefficient (Wildman–Crippen LogP) is 3.38. The van der Waals surface area contributed by atoms with Crippen LogP contribution >= 0.6 is 0 Å². The van der Waals surface area contributed by atoms with Crippen molar-refractivity contribution < 1.29 is 20.1 Å². The van der Waals surface area contributed by atoms with Crippen LogP contribution < -0.4 is 0 Å². The smallest absolute Gasteiger partial charge is 0.336 e. The van der Waals surface area contributed by atoms with E-state index in [1.807, 2.05) is 39.8 Å². The molecule has 1 saturated carbocycles. The summed E-state index contributed by atoms with van der Waals surface area (Å²) in [7, 11) is 0. The number of carboxylic acid groups (broad SMARTS) is 1. The Bertz CT molecular complexity index is 766. The van der Waals surface area contributed by atoms with Gasteiger partial charge in [0.1, 0.15) is 0 Å². The van der Waals surface area contributed by atoms with E-state index in [-0.39, 0.29) is 18.1 Å². The van der Waals surface area contributed by atoms with E-state index in [9.17, 15) is 15.0 Å². The number of hydrogen-bond donors (Lipinski definition) is 3. The Morgan fingerprint density at radius 2 is 2.00 bits per heavy atom. The maximum absolute atomic E-state index is 11.9. The van der Waals surface area contributed by atoms with Crippen molar-refractivity contribution in [3.05, 3.63) is 47.0 Å². The quantitative estimate of drug-likeness (QED) is 0.726. The molecule has 1 fully saturated rings. The maximum Gasteiger partial charge on any atom is 0.336 e. The maximum atomic E-state index is 11.9. The van der Waals surface area contributed by atoms with E-state index >= 15 is 0 Å². The summed E-state index contributed by atoms with van der Waals surface area (Å²) in [4.78, 5) is 11.9. The van der Waals surface area contributed by atoms with Crippen LogP contribution in [0, 0.1) is 23.2 Å². The first-order valence-corrected chi connectivity index (χ1v) is 8.97. The largest absolute Gasteiger partial charge is 0.478 e. The van der Waals surface area contributed by atoms with E-state index in [4.69, 9.17) is 5.11 Å². The third-order valence-corrected chi connectivity index (χ3v) is 5.61. The highest BCUT2D eigenvalue weighted by atomic mass is 16.4. The van der Waals surface area contributed by atoms with E-state index < -0.39 is 22.9 Å². The highest BCUT2D eigenvalue weighted by Gasteiger charge is 2.54. The lowest BCUT2D eigenvalue weighted by molar-refractivity contribution is -0.00978. The Morgan fingerprint density at radius 1 is 1.35 bits per heavy atom. The van der Waals surface area contributed by atoms with E-state index in [2.05, 4.69) is 11.8 Å². The van der Waals surface area contributed by atoms with Crippen LogP contribution in [0.4, 0.5) is 0 Å². The highest BCUT2D eigenvalue weighted by molar-refractivity contribution is 5.90. The van der Waals surface area contributed by atoms with E-state index in [1.165, 1.54) is 0 Å². The number of aromatic carboxylic acids is 1. The molecule has 4 heteroatoms.